The van der Waals surface area contributed by atoms with Crippen LogP contribution in [0.3, 0.4) is 0 Å². The van der Waals surface area contributed by atoms with Crippen molar-refractivity contribution in [3.05, 3.63) is 0 Å². The molecule has 1 aliphatic heterocycles. The molecule has 5 nitrogen and oxygen atoms in total. The molecule has 0 spiro atoms. The molecule has 0 aromatic heterocycles. The molecule has 1 fully saturated rings. The van der Waals surface area contributed by atoms with Crippen molar-refractivity contribution in [1.29, 1.82) is 5.26 Å². The zero-order valence-electron chi connectivity index (χ0n) is 11.2. The van der Waals surface area contributed by atoms with Gasteiger partial charge in [-0.3, -0.25) is 0 Å². The van der Waals surface area contributed by atoms with E-state index in [1.807, 2.05) is 0 Å². The first kappa shape index (κ1) is 15.4. The van der Waals surface area contributed by atoms with Crippen LogP contribution in [0.5, 0.6) is 0 Å². The molecular weight excluding hydrogens is 252 g/mol. The van der Waals surface area contributed by atoms with Gasteiger partial charge in [-0.05, 0) is 13.0 Å². The molecule has 0 aromatic carbocycles. The summed E-state index contributed by atoms with van der Waals surface area (Å²) in [6.07, 6.45) is 2.06. The molecule has 1 heterocycles. The number of ether oxygens (including phenoxy) is 1. The largest absolute Gasteiger partial charge is 0.363 e. The van der Waals surface area contributed by atoms with E-state index in [2.05, 4.69) is 11.0 Å². The summed E-state index contributed by atoms with van der Waals surface area (Å²) in [6, 6.07) is 2.23. The molecule has 0 bridgehead atoms. The molecular formula is C12H22N2O3S. The van der Waals surface area contributed by atoms with E-state index >= 15 is 0 Å². The van der Waals surface area contributed by atoms with Crippen LogP contribution in [-0.2, 0) is 14.6 Å². The SMILES string of the molecule is CCS(=O)(=O)CCCN1CCC(C#N)(OC)CC1. The summed E-state index contributed by atoms with van der Waals surface area (Å²) in [5, 5.41) is 9.07. The van der Waals surface area contributed by atoms with Crippen LogP contribution < -0.4 is 0 Å². The van der Waals surface area contributed by atoms with Gasteiger partial charge >= 0.3 is 0 Å². The Hall–Kier alpha value is -0.640. The van der Waals surface area contributed by atoms with Gasteiger partial charge in [0.2, 0.25) is 0 Å². The summed E-state index contributed by atoms with van der Waals surface area (Å²) < 4.78 is 28.0. The monoisotopic (exact) mass is 274 g/mol. The summed E-state index contributed by atoms with van der Waals surface area (Å²) in [5.74, 6) is 0.474. The lowest BCUT2D eigenvalue weighted by Gasteiger charge is -2.36. The summed E-state index contributed by atoms with van der Waals surface area (Å²) in [6.45, 7) is 4.06. The van der Waals surface area contributed by atoms with E-state index in [4.69, 9.17) is 10.00 Å². The van der Waals surface area contributed by atoms with E-state index in [1.54, 1.807) is 14.0 Å². The summed E-state index contributed by atoms with van der Waals surface area (Å²) in [4.78, 5) is 2.21. The Morgan fingerprint density at radius 2 is 2.00 bits per heavy atom. The minimum atomic E-state index is -2.86. The summed E-state index contributed by atoms with van der Waals surface area (Å²) in [7, 11) is -1.28. The van der Waals surface area contributed by atoms with Crippen LogP contribution in [0.1, 0.15) is 26.2 Å². The molecule has 18 heavy (non-hydrogen) atoms. The Labute approximate surface area is 110 Å². The molecule has 0 N–H and O–H groups in total. The van der Waals surface area contributed by atoms with Gasteiger partial charge in [0, 0.05) is 38.8 Å². The fraction of sp³-hybridized carbons (Fsp3) is 0.917. The molecule has 0 unspecified atom stereocenters. The molecule has 0 atom stereocenters. The van der Waals surface area contributed by atoms with Crippen molar-refractivity contribution < 1.29 is 13.2 Å². The Bertz CT molecular complexity index is 392. The predicted octanol–water partition coefficient (Wildman–Crippen LogP) is 0.816. The van der Waals surface area contributed by atoms with Gasteiger partial charge in [0.1, 0.15) is 9.84 Å². The Morgan fingerprint density at radius 3 is 2.44 bits per heavy atom. The first-order valence-corrected chi connectivity index (χ1v) is 8.18. The fourth-order valence-corrected chi connectivity index (χ4v) is 3.01. The lowest BCUT2D eigenvalue weighted by atomic mass is 9.93. The highest BCUT2D eigenvalue weighted by Crippen LogP contribution is 2.24. The highest BCUT2D eigenvalue weighted by molar-refractivity contribution is 7.91. The van der Waals surface area contributed by atoms with Crippen LogP contribution in [0.15, 0.2) is 0 Å². The van der Waals surface area contributed by atoms with Crippen LogP contribution in [0.25, 0.3) is 0 Å². The number of rotatable bonds is 6. The van der Waals surface area contributed by atoms with Crippen LogP contribution in [0, 0.1) is 11.3 Å². The topological polar surface area (TPSA) is 70.4 Å². The van der Waals surface area contributed by atoms with E-state index < -0.39 is 15.4 Å². The van der Waals surface area contributed by atoms with Gasteiger partial charge < -0.3 is 9.64 Å². The van der Waals surface area contributed by atoms with Crippen molar-refractivity contribution in [3.63, 3.8) is 0 Å². The Balaban J connectivity index is 2.31. The quantitative estimate of drug-likeness (QED) is 0.717. The fourth-order valence-electron chi connectivity index (χ4n) is 2.15. The number of nitrogens with zero attached hydrogens (tertiary/aromatic N) is 2. The van der Waals surface area contributed by atoms with Crippen LogP contribution in [-0.4, -0.2) is 57.2 Å². The Kier molecular flexibility index (Phi) is 5.57. The van der Waals surface area contributed by atoms with Gasteiger partial charge in [0.15, 0.2) is 5.60 Å². The van der Waals surface area contributed by atoms with Gasteiger partial charge in [-0.15, -0.1) is 0 Å². The molecule has 6 heteroatoms. The standard InChI is InChI=1S/C12H22N2O3S/c1-3-18(15,16)10-4-7-14-8-5-12(11-13,17-2)6-9-14/h3-10H2,1-2H3. The average Bonchev–Trinajstić information content (AvgIpc) is 2.40. The van der Waals surface area contributed by atoms with E-state index in [1.165, 1.54) is 0 Å². The molecule has 1 aliphatic rings. The first-order valence-electron chi connectivity index (χ1n) is 6.36. The smallest absolute Gasteiger partial charge is 0.156 e. The van der Waals surface area contributed by atoms with Crippen molar-refractivity contribution in [1.82, 2.24) is 4.90 Å². The lowest BCUT2D eigenvalue weighted by molar-refractivity contribution is -0.0138. The van der Waals surface area contributed by atoms with Crippen molar-refractivity contribution in [2.45, 2.75) is 31.8 Å². The van der Waals surface area contributed by atoms with Gasteiger partial charge in [-0.25, -0.2) is 8.42 Å². The van der Waals surface area contributed by atoms with E-state index in [0.717, 1.165) is 19.6 Å². The van der Waals surface area contributed by atoms with E-state index in [-0.39, 0.29) is 11.5 Å². The number of likely N-dealkylation sites (tertiary alicyclic amines) is 1. The number of piperidine rings is 1. The zero-order valence-corrected chi connectivity index (χ0v) is 12.0. The van der Waals surface area contributed by atoms with Gasteiger partial charge in [-0.1, -0.05) is 6.92 Å². The van der Waals surface area contributed by atoms with Gasteiger partial charge in [-0.2, -0.15) is 5.26 Å². The molecule has 1 rings (SSSR count). The molecule has 0 saturated carbocycles. The maximum atomic E-state index is 11.4. The first-order chi connectivity index (χ1) is 8.47. The third kappa shape index (κ3) is 4.23. The summed E-state index contributed by atoms with van der Waals surface area (Å²) >= 11 is 0. The molecule has 104 valence electrons. The summed E-state index contributed by atoms with van der Waals surface area (Å²) in [5.41, 5.74) is -0.633. The molecule has 0 aliphatic carbocycles. The number of hydrogen-bond acceptors (Lipinski definition) is 5. The molecule has 0 radical (unpaired) electrons. The van der Waals surface area contributed by atoms with E-state index in [9.17, 15) is 8.42 Å². The van der Waals surface area contributed by atoms with Crippen molar-refractivity contribution in [2.75, 3.05) is 38.2 Å². The predicted molar refractivity (Wildman–Crippen MR) is 70.0 cm³/mol. The second-order valence-corrected chi connectivity index (χ2v) is 7.21. The van der Waals surface area contributed by atoms with Crippen molar-refractivity contribution >= 4 is 9.84 Å². The zero-order chi connectivity index (χ0) is 13.6. The molecule has 1 saturated heterocycles. The highest BCUT2D eigenvalue weighted by Gasteiger charge is 2.34. The van der Waals surface area contributed by atoms with Gasteiger partial charge in [0.25, 0.3) is 0 Å². The number of nitriles is 1. The van der Waals surface area contributed by atoms with E-state index in [0.29, 0.717) is 19.3 Å². The number of sulfone groups is 1. The van der Waals surface area contributed by atoms with Crippen molar-refractivity contribution in [2.24, 2.45) is 0 Å². The van der Waals surface area contributed by atoms with Crippen LogP contribution >= 0.6 is 0 Å². The second-order valence-electron chi connectivity index (χ2n) is 4.74. The number of hydrogen-bond donors (Lipinski definition) is 0. The van der Waals surface area contributed by atoms with Crippen LogP contribution in [0.2, 0.25) is 0 Å². The molecule has 0 amide bonds. The second kappa shape index (κ2) is 6.50. The Morgan fingerprint density at radius 1 is 1.39 bits per heavy atom. The van der Waals surface area contributed by atoms with Crippen LogP contribution in [0.4, 0.5) is 0 Å². The minimum Gasteiger partial charge on any atom is -0.363 e. The minimum absolute atomic E-state index is 0.216. The maximum Gasteiger partial charge on any atom is 0.156 e. The third-order valence-electron chi connectivity index (χ3n) is 3.63. The maximum absolute atomic E-state index is 11.4. The highest BCUT2D eigenvalue weighted by atomic mass is 32.2. The average molecular weight is 274 g/mol. The third-order valence-corrected chi connectivity index (χ3v) is 5.42. The van der Waals surface area contributed by atoms with Gasteiger partial charge in [0.05, 0.1) is 11.8 Å². The normalized spacial score (nSPS) is 20.5. The van der Waals surface area contributed by atoms with Crippen molar-refractivity contribution in [3.8, 4) is 6.07 Å². The molecule has 0 aromatic rings. The number of methoxy groups -OCH3 is 1. The lowest BCUT2D eigenvalue weighted by Crippen LogP contribution is -2.45.